The number of ketones is 1. The van der Waals surface area contributed by atoms with Gasteiger partial charge in [0.05, 0.1) is 10.7 Å². The molecule has 0 bridgehead atoms. The highest BCUT2D eigenvalue weighted by atomic mass is 79.9. The lowest BCUT2D eigenvalue weighted by atomic mass is 10.1. The van der Waals surface area contributed by atoms with Crippen molar-refractivity contribution in [2.24, 2.45) is 0 Å². The Bertz CT molecular complexity index is 620. The molecule has 2 rings (SSSR count). The smallest absolute Gasteiger partial charge is 0.213 e. The van der Waals surface area contributed by atoms with Crippen LogP contribution >= 0.6 is 31.9 Å². The number of benzene rings is 1. The Morgan fingerprint density at radius 2 is 2.05 bits per heavy atom. The Morgan fingerprint density at radius 3 is 2.68 bits per heavy atom. The van der Waals surface area contributed by atoms with Crippen LogP contribution in [-0.2, 0) is 6.54 Å². The second kappa shape index (κ2) is 6.01. The minimum absolute atomic E-state index is 0.0234. The summed E-state index contributed by atoms with van der Waals surface area (Å²) in [5, 5.41) is 4.23. The molecular formula is C14H14Br2N2O. The number of aryl methyl sites for hydroxylation is 2. The average molecular weight is 386 g/mol. The third-order valence-corrected chi connectivity index (χ3v) is 4.05. The van der Waals surface area contributed by atoms with E-state index in [0.29, 0.717) is 11.3 Å². The van der Waals surface area contributed by atoms with Crippen molar-refractivity contribution < 1.29 is 4.79 Å². The van der Waals surface area contributed by atoms with Gasteiger partial charge in [-0.2, -0.15) is 5.10 Å². The van der Waals surface area contributed by atoms with Crippen molar-refractivity contribution in [1.82, 2.24) is 9.78 Å². The van der Waals surface area contributed by atoms with Gasteiger partial charge in [0.25, 0.3) is 0 Å². The standard InChI is InChI=1S/C14H14Br2N2O/c1-3-6-18-13(12(16)8-17-18)14(19)10-5-4-9(2)7-11(10)15/h4-5,7-8H,3,6H2,1-2H3. The second-order valence-corrected chi connectivity index (χ2v) is 6.09. The number of hydrogen-bond donors (Lipinski definition) is 0. The van der Waals surface area contributed by atoms with E-state index in [4.69, 9.17) is 0 Å². The monoisotopic (exact) mass is 384 g/mol. The van der Waals surface area contributed by atoms with Gasteiger partial charge in [-0.3, -0.25) is 9.48 Å². The second-order valence-electron chi connectivity index (χ2n) is 4.38. The van der Waals surface area contributed by atoms with Crippen molar-refractivity contribution in [3.05, 3.63) is 50.2 Å². The molecule has 19 heavy (non-hydrogen) atoms. The Balaban J connectivity index is 2.46. The molecule has 1 aromatic carbocycles. The third-order valence-electron chi connectivity index (χ3n) is 2.81. The summed E-state index contributed by atoms with van der Waals surface area (Å²) < 4.78 is 3.30. The molecule has 0 spiro atoms. The van der Waals surface area contributed by atoms with Crippen LogP contribution in [0.2, 0.25) is 0 Å². The van der Waals surface area contributed by atoms with Gasteiger partial charge in [-0.05, 0) is 47.0 Å². The molecule has 5 heteroatoms. The van der Waals surface area contributed by atoms with Crippen LogP contribution in [0.1, 0.15) is 35.0 Å². The first kappa shape index (κ1) is 14.5. The van der Waals surface area contributed by atoms with E-state index in [-0.39, 0.29) is 5.78 Å². The van der Waals surface area contributed by atoms with Gasteiger partial charge in [-0.25, -0.2) is 0 Å². The zero-order valence-corrected chi connectivity index (χ0v) is 14.0. The number of halogens is 2. The van der Waals surface area contributed by atoms with E-state index in [0.717, 1.165) is 27.5 Å². The van der Waals surface area contributed by atoms with Crippen LogP contribution in [0.15, 0.2) is 33.3 Å². The molecule has 0 fully saturated rings. The lowest BCUT2D eigenvalue weighted by molar-refractivity contribution is 0.102. The highest BCUT2D eigenvalue weighted by molar-refractivity contribution is 9.10. The Morgan fingerprint density at radius 1 is 1.32 bits per heavy atom. The van der Waals surface area contributed by atoms with Crippen LogP contribution in [0.5, 0.6) is 0 Å². The van der Waals surface area contributed by atoms with Crippen molar-refractivity contribution in [2.45, 2.75) is 26.8 Å². The van der Waals surface area contributed by atoms with Gasteiger partial charge in [0.2, 0.25) is 5.78 Å². The Labute approximate surface area is 129 Å². The lowest BCUT2D eigenvalue weighted by Crippen LogP contribution is -2.12. The zero-order chi connectivity index (χ0) is 14.0. The van der Waals surface area contributed by atoms with Gasteiger partial charge in [0, 0.05) is 16.6 Å². The highest BCUT2D eigenvalue weighted by Crippen LogP contribution is 2.25. The summed E-state index contributed by atoms with van der Waals surface area (Å²) in [6.45, 7) is 4.79. The molecule has 3 nitrogen and oxygen atoms in total. The van der Waals surface area contributed by atoms with E-state index in [1.807, 2.05) is 25.1 Å². The molecule has 100 valence electrons. The van der Waals surface area contributed by atoms with Crippen molar-refractivity contribution in [3.63, 3.8) is 0 Å². The molecule has 2 aromatic rings. The fourth-order valence-electron chi connectivity index (χ4n) is 1.90. The lowest BCUT2D eigenvalue weighted by Gasteiger charge is -2.08. The van der Waals surface area contributed by atoms with Crippen molar-refractivity contribution in [1.29, 1.82) is 0 Å². The van der Waals surface area contributed by atoms with E-state index >= 15 is 0 Å². The summed E-state index contributed by atoms with van der Waals surface area (Å²) in [5.74, 6) is -0.0234. The number of nitrogens with zero attached hydrogens (tertiary/aromatic N) is 2. The van der Waals surface area contributed by atoms with E-state index in [2.05, 4.69) is 43.9 Å². The number of carbonyl (C=O) groups is 1. The van der Waals surface area contributed by atoms with Gasteiger partial charge < -0.3 is 0 Å². The normalized spacial score (nSPS) is 10.7. The first-order valence-electron chi connectivity index (χ1n) is 6.06. The van der Waals surface area contributed by atoms with Gasteiger partial charge in [-0.1, -0.05) is 28.9 Å². The third kappa shape index (κ3) is 2.98. The van der Waals surface area contributed by atoms with Crippen LogP contribution in [0.3, 0.4) is 0 Å². The highest BCUT2D eigenvalue weighted by Gasteiger charge is 2.20. The molecule has 0 saturated heterocycles. The predicted octanol–water partition coefficient (Wildman–Crippen LogP) is 4.36. The van der Waals surface area contributed by atoms with Crippen molar-refractivity contribution in [2.75, 3.05) is 0 Å². The summed E-state index contributed by atoms with van der Waals surface area (Å²) in [5.41, 5.74) is 2.38. The minimum Gasteiger partial charge on any atom is -0.287 e. The van der Waals surface area contributed by atoms with Gasteiger partial charge >= 0.3 is 0 Å². The largest absolute Gasteiger partial charge is 0.287 e. The Kier molecular flexibility index (Phi) is 4.58. The van der Waals surface area contributed by atoms with Crippen molar-refractivity contribution >= 4 is 37.6 Å². The van der Waals surface area contributed by atoms with E-state index < -0.39 is 0 Å². The molecule has 0 unspecified atom stereocenters. The van der Waals surface area contributed by atoms with Gasteiger partial charge in [0.1, 0.15) is 5.69 Å². The van der Waals surface area contributed by atoms with Crippen LogP contribution in [0.25, 0.3) is 0 Å². The first-order valence-corrected chi connectivity index (χ1v) is 7.65. The molecule has 1 aromatic heterocycles. The van der Waals surface area contributed by atoms with E-state index in [9.17, 15) is 4.79 Å². The van der Waals surface area contributed by atoms with Crippen LogP contribution in [-0.4, -0.2) is 15.6 Å². The quantitative estimate of drug-likeness (QED) is 0.733. The van der Waals surface area contributed by atoms with Crippen LogP contribution in [0.4, 0.5) is 0 Å². The van der Waals surface area contributed by atoms with E-state index in [1.54, 1.807) is 10.9 Å². The zero-order valence-electron chi connectivity index (χ0n) is 10.8. The van der Waals surface area contributed by atoms with E-state index in [1.165, 1.54) is 0 Å². The van der Waals surface area contributed by atoms with Crippen LogP contribution in [0, 0.1) is 6.92 Å². The molecule has 0 aliphatic rings. The fraction of sp³-hybridized carbons (Fsp3) is 0.286. The first-order chi connectivity index (χ1) is 9.04. The average Bonchev–Trinajstić information content (AvgIpc) is 2.70. The number of carbonyl (C=O) groups excluding carboxylic acids is 1. The Hall–Kier alpha value is -0.940. The summed E-state index contributed by atoms with van der Waals surface area (Å²) in [6.07, 6.45) is 2.61. The maximum atomic E-state index is 12.6. The fourth-order valence-corrected chi connectivity index (χ4v) is 3.05. The summed E-state index contributed by atoms with van der Waals surface area (Å²) in [7, 11) is 0. The molecule has 0 N–H and O–H groups in total. The van der Waals surface area contributed by atoms with Gasteiger partial charge in [-0.15, -0.1) is 0 Å². The summed E-state index contributed by atoms with van der Waals surface area (Å²) >= 11 is 6.86. The number of rotatable bonds is 4. The maximum absolute atomic E-state index is 12.6. The molecule has 0 aliphatic heterocycles. The van der Waals surface area contributed by atoms with Crippen LogP contribution < -0.4 is 0 Å². The predicted molar refractivity (Wildman–Crippen MR) is 82.5 cm³/mol. The molecule has 1 heterocycles. The molecule has 0 amide bonds. The SMILES string of the molecule is CCCn1ncc(Br)c1C(=O)c1ccc(C)cc1Br. The molecular weight excluding hydrogens is 372 g/mol. The molecule has 0 atom stereocenters. The van der Waals surface area contributed by atoms with Gasteiger partial charge in [0.15, 0.2) is 0 Å². The number of hydrogen-bond acceptors (Lipinski definition) is 2. The van der Waals surface area contributed by atoms with Crippen molar-refractivity contribution in [3.8, 4) is 0 Å². The minimum atomic E-state index is -0.0234. The molecule has 0 saturated carbocycles. The molecule has 0 aliphatic carbocycles. The topological polar surface area (TPSA) is 34.9 Å². The maximum Gasteiger partial charge on any atom is 0.213 e. The molecule has 0 radical (unpaired) electrons. The summed E-state index contributed by atoms with van der Waals surface area (Å²) in [6, 6.07) is 5.73. The number of aromatic nitrogens is 2. The summed E-state index contributed by atoms with van der Waals surface area (Å²) in [4.78, 5) is 12.6.